The summed E-state index contributed by atoms with van der Waals surface area (Å²) in [6.07, 6.45) is 6.54. The Morgan fingerprint density at radius 2 is 1.79 bits per heavy atom. The van der Waals surface area contributed by atoms with Gasteiger partial charge in [0.25, 0.3) is 0 Å². The second-order valence-electron chi connectivity index (χ2n) is 7.89. The van der Waals surface area contributed by atoms with Crippen molar-refractivity contribution in [2.75, 3.05) is 34.4 Å². The molecule has 2 atom stereocenters. The maximum Gasteiger partial charge on any atom is 0.203 e. The van der Waals surface area contributed by atoms with Gasteiger partial charge >= 0.3 is 0 Å². The molecule has 1 aromatic carbocycles. The predicted octanol–water partition coefficient (Wildman–Crippen LogP) is 2.66. The second kappa shape index (κ2) is 9.69. The Morgan fingerprint density at radius 1 is 1.10 bits per heavy atom. The van der Waals surface area contributed by atoms with Crippen LogP contribution in [0.15, 0.2) is 12.3 Å². The zero-order chi connectivity index (χ0) is 21.0. The van der Waals surface area contributed by atoms with Gasteiger partial charge in [-0.15, -0.1) is 0 Å². The normalized spacial score (nSPS) is 20.7. The average molecular weight is 407 g/mol. The third-order valence-electron chi connectivity index (χ3n) is 5.88. The SMILES string of the molecule is COc1cc2c(c(OC)c1OC)C(C)=CN(CC(O)CNC1CCCCC1)C2O. The van der Waals surface area contributed by atoms with Crippen LogP contribution in [0, 0.1) is 0 Å². The van der Waals surface area contributed by atoms with Crippen molar-refractivity contribution < 1.29 is 24.4 Å². The summed E-state index contributed by atoms with van der Waals surface area (Å²) in [7, 11) is 4.69. The van der Waals surface area contributed by atoms with E-state index in [9.17, 15) is 10.2 Å². The molecule has 1 aliphatic heterocycles. The average Bonchev–Trinajstić information content (AvgIpc) is 2.74. The first-order chi connectivity index (χ1) is 14.0. The fourth-order valence-electron chi connectivity index (χ4n) is 4.42. The highest BCUT2D eigenvalue weighted by atomic mass is 16.5. The molecule has 0 bridgehead atoms. The Balaban J connectivity index is 1.76. The Hall–Kier alpha value is -1.96. The largest absolute Gasteiger partial charge is 0.493 e. The van der Waals surface area contributed by atoms with Crippen LogP contribution < -0.4 is 19.5 Å². The highest BCUT2D eigenvalue weighted by Crippen LogP contribution is 2.48. The molecule has 2 unspecified atom stereocenters. The van der Waals surface area contributed by atoms with Crippen LogP contribution in [0.2, 0.25) is 0 Å². The third-order valence-corrected chi connectivity index (χ3v) is 5.88. The van der Waals surface area contributed by atoms with Gasteiger partial charge in [-0.05, 0) is 31.4 Å². The van der Waals surface area contributed by atoms with Crippen LogP contribution in [0.3, 0.4) is 0 Å². The van der Waals surface area contributed by atoms with Crippen molar-refractivity contribution in [3.05, 3.63) is 23.4 Å². The highest BCUT2D eigenvalue weighted by Gasteiger charge is 2.31. The Kier molecular flexibility index (Phi) is 7.27. The van der Waals surface area contributed by atoms with E-state index in [-0.39, 0.29) is 0 Å². The van der Waals surface area contributed by atoms with E-state index in [0.717, 1.165) is 11.1 Å². The molecule has 3 rings (SSSR count). The van der Waals surface area contributed by atoms with Crippen LogP contribution in [0.5, 0.6) is 17.2 Å². The fourth-order valence-corrected chi connectivity index (χ4v) is 4.42. The number of rotatable bonds is 8. The summed E-state index contributed by atoms with van der Waals surface area (Å²) in [5, 5.41) is 25.0. The quantitative estimate of drug-likeness (QED) is 0.612. The number of hydrogen-bond donors (Lipinski definition) is 3. The topological polar surface area (TPSA) is 83.4 Å². The number of aliphatic hydroxyl groups is 2. The second-order valence-corrected chi connectivity index (χ2v) is 7.89. The van der Waals surface area contributed by atoms with Crippen LogP contribution in [-0.2, 0) is 0 Å². The van der Waals surface area contributed by atoms with Crippen molar-refractivity contribution in [2.24, 2.45) is 0 Å². The van der Waals surface area contributed by atoms with Crippen molar-refractivity contribution in [3.63, 3.8) is 0 Å². The minimum atomic E-state index is -0.910. The van der Waals surface area contributed by atoms with Gasteiger partial charge in [0.1, 0.15) is 0 Å². The molecule has 1 aliphatic carbocycles. The van der Waals surface area contributed by atoms with Crippen molar-refractivity contribution in [1.82, 2.24) is 10.2 Å². The Bertz CT molecular complexity index is 730. The monoisotopic (exact) mass is 406 g/mol. The number of benzene rings is 1. The molecule has 2 aliphatic rings. The predicted molar refractivity (Wildman–Crippen MR) is 112 cm³/mol. The summed E-state index contributed by atoms with van der Waals surface area (Å²) in [4.78, 5) is 1.76. The molecule has 7 heteroatoms. The summed E-state index contributed by atoms with van der Waals surface area (Å²) in [6, 6.07) is 2.26. The number of aliphatic hydroxyl groups excluding tert-OH is 2. The molecule has 0 spiro atoms. The highest BCUT2D eigenvalue weighted by molar-refractivity contribution is 5.78. The Labute approximate surface area is 173 Å². The van der Waals surface area contributed by atoms with Crippen molar-refractivity contribution >= 4 is 5.57 Å². The summed E-state index contributed by atoms with van der Waals surface area (Å²) in [5.74, 6) is 1.53. The fraction of sp³-hybridized carbons (Fsp3) is 0.636. The van der Waals surface area contributed by atoms with Crippen molar-refractivity contribution in [1.29, 1.82) is 0 Å². The zero-order valence-corrected chi connectivity index (χ0v) is 17.9. The van der Waals surface area contributed by atoms with Crippen LogP contribution in [0.4, 0.5) is 0 Å². The number of nitrogens with one attached hydrogen (secondary N) is 1. The molecule has 3 N–H and O–H groups in total. The molecule has 1 fully saturated rings. The van der Waals surface area contributed by atoms with E-state index in [0.29, 0.717) is 41.9 Å². The first kappa shape index (κ1) is 21.7. The molecule has 0 amide bonds. The van der Waals surface area contributed by atoms with E-state index in [4.69, 9.17) is 14.2 Å². The van der Waals surface area contributed by atoms with Gasteiger partial charge in [-0.2, -0.15) is 0 Å². The zero-order valence-electron chi connectivity index (χ0n) is 17.9. The van der Waals surface area contributed by atoms with Crippen LogP contribution in [0.25, 0.3) is 5.57 Å². The lowest BCUT2D eigenvalue weighted by atomic mass is 9.94. The van der Waals surface area contributed by atoms with Gasteiger partial charge in [0.05, 0.1) is 27.4 Å². The molecule has 1 saturated carbocycles. The van der Waals surface area contributed by atoms with E-state index in [2.05, 4.69) is 5.32 Å². The first-order valence-corrected chi connectivity index (χ1v) is 10.4. The van der Waals surface area contributed by atoms with Crippen LogP contribution in [-0.4, -0.2) is 61.7 Å². The number of β-amino-alcohol motifs (C(OH)–C–C–N with tert-alkyl or cyclic N) is 1. The molecule has 0 radical (unpaired) electrons. The number of methoxy groups -OCH3 is 3. The van der Waals surface area contributed by atoms with Crippen molar-refractivity contribution in [2.45, 2.75) is 57.4 Å². The molecule has 1 heterocycles. The van der Waals surface area contributed by atoms with E-state index < -0.39 is 12.3 Å². The van der Waals surface area contributed by atoms with Crippen LogP contribution in [0.1, 0.15) is 56.4 Å². The smallest absolute Gasteiger partial charge is 0.203 e. The van der Waals surface area contributed by atoms with E-state index >= 15 is 0 Å². The number of fused-ring (bicyclic) bond motifs is 1. The molecular weight excluding hydrogens is 372 g/mol. The molecule has 162 valence electrons. The van der Waals surface area contributed by atoms with Crippen LogP contribution >= 0.6 is 0 Å². The standard InChI is InChI=1S/C22H34N2O5/c1-14-12-24(13-16(25)11-23-15-8-6-5-7-9-15)22(26)17-10-18(27-2)20(28-3)21(29-4)19(14)17/h10,12,15-16,22-23,25-26H,5-9,11,13H2,1-4H3. The number of ether oxygens (including phenoxy) is 3. The van der Waals surface area contributed by atoms with Gasteiger partial charge in [0, 0.05) is 36.5 Å². The third kappa shape index (κ3) is 4.63. The maximum atomic E-state index is 11.0. The van der Waals surface area contributed by atoms with E-state index in [1.54, 1.807) is 32.3 Å². The van der Waals surface area contributed by atoms with Gasteiger partial charge < -0.3 is 34.6 Å². The molecule has 29 heavy (non-hydrogen) atoms. The summed E-state index contributed by atoms with van der Waals surface area (Å²) in [6.45, 7) is 2.80. The van der Waals surface area contributed by atoms with Crippen molar-refractivity contribution in [3.8, 4) is 17.2 Å². The summed E-state index contributed by atoms with van der Waals surface area (Å²) >= 11 is 0. The maximum absolute atomic E-state index is 11.0. The number of allylic oxidation sites excluding steroid dienone is 1. The van der Waals surface area contributed by atoms with E-state index in [1.165, 1.54) is 32.1 Å². The number of nitrogens with zero attached hydrogens (tertiary/aromatic N) is 1. The van der Waals surface area contributed by atoms with Gasteiger partial charge in [-0.3, -0.25) is 0 Å². The van der Waals surface area contributed by atoms with E-state index in [1.807, 2.05) is 13.1 Å². The molecule has 0 saturated heterocycles. The van der Waals surface area contributed by atoms with Gasteiger partial charge in [0.15, 0.2) is 17.7 Å². The van der Waals surface area contributed by atoms with Gasteiger partial charge in [-0.1, -0.05) is 19.3 Å². The first-order valence-electron chi connectivity index (χ1n) is 10.4. The lowest BCUT2D eigenvalue weighted by Crippen LogP contribution is -2.42. The minimum absolute atomic E-state index is 0.328. The summed E-state index contributed by atoms with van der Waals surface area (Å²) in [5.41, 5.74) is 2.39. The number of hydrogen-bond acceptors (Lipinski definition) is 7. The summed E-state index contributed by atoms with van der Waals surface area (Å²) < 4.78 is 16.5. The lowest BCUT2D eigenvalue weighted by molar-refractivity contribution is 0.00432. The molecule has 1 aromatic rings. The molecule has 0 aromatic heterocycles. The Morgan fingerprint density at radius 3 is 2.41 bits per heavy atom. The van der Waals surface area contributed by atoms with Gasteiger partial charge in [-0.25, -0.2) is 0 Å². The van der Waals surface area contributed by atoms with Gasteiger partial charge in [0.2, 0.25) is 5.75 Å². The molecular formula is C22H34N2O5. The lowest BCUT2D eigenvalue weighted by Gasteiger charge is -2.36. The molecule has 7 nitrogen and oxygen atoms in total. The minimum Gasteiger partial charge on any atom is -0.493 e.